The van der Waals surface area contributed by atoms with Crippen LogP contribution in [0.2, 0.25) is 0 Å². The molecule has 2 N–H and O–H groups in total. The molecule has 2 aromatic rings. The summed E-state index contributed by atoms with van der Waals surface area (Å²) < 4.78 is 1050. The van der Waals surface area contributed by atoms with Gasteiger partial charge >= 0.3 is 226 Å². The Labute approximate surface area is 697 Å². The highest BCUT2D eigenvalue weighted by molar-refractivity contribution is 5.85. The van der Waals surface area contributed by atoms with Crippen molar-refractivity contribution in [3.8, 4) is 0 Å². The molecule has 2 atom stereocenters. The fourth-order valence-corrected chi connectivity index (χ4v) is 9.71. The Morgan fingerprint density at radius 3 is 0.416 bits per heavy atom. The number of nitrogens with one attached hydrogen (secondary N) is 2. The summed E-state index contributed by atoms with van der Waals surface area (Å²) in [5, 5.41) is 2.65. The number of alkyl halides is 74. The fraction of sp³-hybridized carbons (Fsp3) is 0.754. The number of amides is 2. The first kappa shape index (κ1) is 125. The molecule has 0 bridgehead atoms. The minimum Gasteiger partial charge on any atom is -0.446 e. The maximum Gasteiger partial charge on any atom is 0.460 e. The minimum absolute atomic E-state index is 0.204. The number of halogens is 74. The van der Waals surface area contributed by atoms with E-state index in [0.717, 1.165) is 0 Å². The van der Waals surface area contributed by atoms with Gasteiger partial charge in [0.15, 0.2) is 0 Å². The van der Waals surface area contributed by atoms with E-state index in [4.69, 9.17) is 0 Å². The lowest BCUT2D eigenvalue weighted by Crippen LogP contribution is -2.80. The Hall–Kier alpha value is -8.20. The molecule has 0 fully saturated rings. The molecule has 137 heavy (non-hydrogen) atoms. The summed E-state index contributed by atoms with van der Waals surface area (Å²) in [5.74, 6) is -340. The Bertz CT molecular complexity index is 4300. The Morgan fingerprint density at radius 1 is 0.190 bits per heavy atom. The summed E-state index contributed by atoms with van der Waals surface area (Å²) in [6, 6.07) is 4.97. The molecule has 0 spiro atoms. The van der Waals surface area contributed by atoms with Gasteiger partial charge < -0.3 is 9.47 Å². The molecule has 0 saturated carbocycles. The van der Waals surface area contributed by atoms with Crippen molar-refractivity contribution in [3.05, 3.63) is 59.7 Å². The number of hydrogen-bond donors (Lipinski definition) is 2. The average Bonchev–Trinajstić information content (AvgIpc) is 0.674. The molecule has 0 aromatic heterocycles. The van der Waals surface area contributed by atoms with Gasteiger partial charge in [-0.2, -0.15) is 325 Å². The van der Waals surface area contributed by atoms with E-state index in [2.05, 4.69) is 9.47 Å². The first-order valence-electron chi connectivity index (χ1n) is 31.8. The van der Waals surface area contributed by atoms with Gasteiger partial charge in [0.2, 0.25) is 0 Å². The first-order valence-corrected chi connectivity index (χ1v) is 31.8. The van der Waals surface area contributed by atoms with Crippen molar-refractivity contribution in [2.45, 2.75) is 259 Å². The normalized spacial score (nSPS) is 16.8. The van der Waals surface area contributed by atoms with Crippen molar-refractivity contribution in [2.75, 3.05) is 10.6 Å². The summed E-state index contributed by atoms with van der Waals surface area (Å²) in [6.07, 6.45) is -37.3. The Morgan fingerprint density at radius 2 is 0.299 bits per heavy atom. The molecule has 0 aliphatic rings. The maximum atomic E-state index is 14.8. The third-order valence-corrected chi connectivity index (χ3v) is 18.0. The minimum atomic E-state index is -10.7. The second-order valence-corrected chi connectivity index (χ2v) is 27.4. The third-order valence-electron chi connectivity index (χ3n) is 18.0. The van der Waals surface area contributed by atoms with Crippen LogP contribution in [0.25, 0.3) is 0 Å². The topological polar surface area (TPSA) is 76.7 Å². The van der Waals surface area contributed by atoms with Crippen molar-refractivity contribution in [2.24, 2.45) is 0 Å². The van der Waals surface area contributed by atoms with Gasteiger partial charge in [-0.25, -0.2) is 9.59 Å². The van der Waals surface area contributed by atoms with E-state index in [1.54, 1.807) is 0 Å². The molecule has 2 amide bonds. The summed E-state index contributed by atoms with van der Waals surface area (Å²) in [7, 11) is 0. The number of hydrogen-bond acceptors (Lipinski definition) is 4. The zero-order valence-electron chi connectivity index (χ0n) is 61.5. The molecule has 2 rings (SSSR count). The first-order chi connectivity index (χ1) is 58.7. The van der Waals surface area contributed by atoms with Crippen LogP contribution in [0, 0.1) is 0 Å². The highest BCUT2D eigenvalue weighted by Gasteiger charge is 3.06. The molecular weight excluding hydrogens is 2180 g/mol. The highest BCUT2D eigenvalue weighted by Crippen LogP contribution is 2.75. The van der Waals surface area contributed by atoms with Crippen LogP contribution in [0.3, 0.4) is 0 Å². The predicted octanol–water partition coefficient (Wildman–Crippen LogP) is 28.7. The van der Waals surface area contributed by atoms with Crippen LogP contribution in [0.1, 0.15) is 37.8 Å². The van der Waals surface area contributed by atoms with Gasteiger partial charge in [-0.1, -0.05) is 24.3 Å². The summed E-state index contributed by atoms with van der Waals surface area (Å²) in [6.45, 7) is -0.714. The molecule has 0 aliphatic carbocycles. The standard InChI is InChI=1S/C57H24F74N2O4/c1-14(12-22(58,59)24(62,63)26(66,67)28(70,71)30(74,75)32(78,79)34(82,83)36(86,87)38(90,91)40(94,95)42(98,99)44(102,103)46(106,107)48(110,111)50(114,115)52(118,119)54(122,123)56(126,127)128)136-20(134)132-18-7-3-16(4-8-18)11-17-5-9-19(10-6-17)133-21(135)137-15(2)13-23(60,61)25(64,65)27(68,69)29(72,73)31(76,77)33(80,81)35(84,85)37(88,89)39(92,93)41(96,97)43(100,101)45(104,105)47(108,109)49(112,113)51(116,117)53(120,121)55(124,125)57(129,130)131/h3-10,14-15H,11-13H2,1-2H3,(H,132,134)(H,133,135). The van der Waals surface area contributed by atoms with Gasteiger partial charge in [0.25, 0.3) is 0 Å². The van der Waals surface area contributed by atoms with Gasteiger partial charge in [0.1, 0.15) is 12.2 Å². The van der Waals surface area contributed by atoms with Crippen molar-refractivity contribution in [1.29, 1.82) is 0 Å². The molecule has 0 heterocycles. The number of carbonyl (C=O) groups excluding carboxylic acids is 2. The Kier molecular flexibility index (Phi) is 30.7. The Balaban J connectivity index is 2.40. The van der Waals surface area contributed by atoms with E-state index in [0.29, 0.717) is 48.5 Å². The third kappa shape index (κ3) is 16.7. The SMILES string of the molecule is CC(CC(F)(F)C(F)(F)C(F)(F)C(F)(F)C(F)(F)C(F)(F)C(F)(F)C(F)(F)C(F)(F)C(F)(F)C(F)(F)C(F)(F)C(F)(F)C(F)(F)C(F)(F)C(F)(F)C(F)(F)C(F)(F)F)OC(=O)Nc1ccc(Cc2ccc(NC(=O)OC(C)CC(F)(F)C(F)(F)C(F)(F)C(F)(F)C(F)(F)C(F)(F)C(F)(F)C(F)(F)C(F)(F)C(F)(F)C(F)(F)C(F)(F)C(F)(F)C(F)(F)C(F)(F)C(F)(F)C(F)(F)C(F)(F)F)cc2)cc1. The smallest absolute Gasteiger partial charge is 0.446 e. The largest absolute Gasteiger partial charge is 0.460 e. The summed E-state index contributed by atoms with van der Waals surface area (Å²) >= 11 is 0. The van der Waals surface area contributed by atoms with Crippen LogP contribution in [-0.4, -0.2) is 238 Å². The van der Waals surface area contributed by atoms with Gasteiger partial charge in [-0.05, 0) is 55.7 Å². The zero-order chi connectivity index (χ0) is 111. The van der Waals surface area contributed by atoms with Gasteiger partial charge in [0.05, 0.1) is 12.8 Å². The van der Waals surface area contributed by atoms with E-state index in [9.17, 15) is 334 Å². The van der Waals surface area contributed by atoms with E-state index in [1.165, 1.54) is 10.6 Å². The maximum absolute atomic E-state index is 14.8. The molecule has 0 aliphatic heterocycles. The van der Waals surface area contributed by atoms with Crippen molar-refractivity contribution in [1.82, 2.24) is 0 Å². The number of benzene rings is 2. The van der Waals surface area contributed by atoms with Crippen molar-refractivity contribution < 1.29 is 344 Å². The van der Waals surface area contributed by atoms with E-state index in [-0.39, 0.29) is 25.0 Å². The predicted molar refractivity (Wildman–Crippen MR) is 284 cm³/mol. The lowest BCUT2D eigenvalue weighted by Gasteiger charge is -2.47. The summed E-state index contributed by atoms with van der Waals surface area (Å²) in [4.78, 5) is 24.6. The van der Waals surface area contributed by atoms with E-state index >= 15 is 0 Å². The monoisotopic (exact) mass is 2210 g/mol. The van der Waals surface area contributed by atoms with E-state index in [1.807, 2.05) is 0 Å². The van der Waals surface area contributed by atoms with Crippen LogP contribution in [-0.2, 0) is 15.9 Å². The van der Waals surface area contributed by atoms with Crippen LogP contribution in [0.5, 0.6) is 0 Å². The van der Waals surface area contributed by atoms with Gasteiger partial charge in [-0.3, -0.25) is 10.6 Å². The zero-order valence-corrected chi connectivity index (χ0v) is 61.5. The molecule has 2 unspecified atom stereocenters. The van der Waals surface area contributed by atoms with Crippen LogP contribution in [0.15, 0.2) is 48.5 Å². The average molecular weight is 2210 g/mol. The molecule has 6 nitrogen and oxygen atoms in total. The molecular formula is C57H24F74N2O4. The van der Waals surface area contributed by atoms with Crippen molar-refractivity contribution >= 4 is 23.6 Å². The molecule has 0 saturated heterocycles. The second kappa shape index (κ2) is 33.7. The quantitative estimate of drug-likeness (QED) is 0.0650. The van der Waals surface area contributed by atoms with E-state index < -0.39 is 269 Å². The number of anilines is 2. The van der Waals surface area contributed by atoms with Crippen LogP contribution in [0.4, 0.5) is 346 Å². The van der Waals surface area contributed by atoms with Crippen LogP contribution < -0.4 is 10.6 Å². The molecule has 804 valence electrons. The molecule has 0 radical (unpaired) electrons. The fourth-order valence-electron chi connectivity index (χ4n) is 9.71. The second-order valence-electron chi connectivity index (χ2n) is 27.4. The molecule has 2 aromatic carbocycles. The van der Waals surface area contributed by atoms with Gasteiger partial charge in [0, 0.05) is 11.4 Å². The number of rotatable bonds is 42. The lowest BCUT2D eigenvalue weighted by atomic mass is 9.82. The van der Waals surface area contributed by atoms with Crippen LogP contribution >= 0.6 is 0 Å². The number of ether oxygens (including phenoxy) is 2. The lowest BCUT2D eigenvalue weighted by molar-refractivity contribution is -0.493. The van der Waals surface area contributed by atoms with Crippen molar-refractivity contribution in [3.63, 3.8) is 0 Å². The highest BCUT2D eigenvalue weighted by atomic mass is 19.5. The number of carbonyl (C=O) groups is 2. The van der Waals surface area contributed by atoms with Gasteiger partial charge in [-0.15, -0.1) is 0 Å². The summed E-state index contributed by atoms with van der Waals surface area (Å²) in [5.41, 5.74) is -2.16. The molecule has 80 heteroatoms.